The minimum atomic E-state index is -0.817. The minimum absolute atomic E-state index is 0.431. The van der Waals surface area contributed by atoms with Gasteiger partial charge in [-0.3, -0.25) is 16.5 Å². The Balaban J connectivity index is 0. The summed E-state index contributed by atoms with van der Waals surface area (Å²) < 4.78 is 0. The molecule has 0 saturated carbocycles. The number of carboxylic acids is 1. The number of hydrazine groups is 1. The quantitative estimate of drug-likeness (QED) is 0.272. The molecule has 0 heterocycles. The third-order valence-corrected chi connectivity index (χ3v) is 0.803. The summed E-state index contributed by atoms with van der Waals surface area (Å²) >= 11 is 0. The number of nitrogens with two attached hydrogens (primary N) is 2. The second-order valence-electron chi connectivity index (χ2n) is 1.35. The van der Waals surface area contributed by atoms with Crippen molar-refractivity contribution >= 4 is 5.97 Å². The number of nitrogens with one attached hydrogen (secondary N) is 1. The fourth-order valence-electron chi connectivity index (χ4n) is 0.123. The molecule has 0 fully saturated rings. The molecule has 9 heavy (non-hydrogen) atoms. The predicted octanol–water partition coefficient (Wildman–Crippen LogP) is -1.50. The van der Waals surface area contributed by atoms with E-state index in [2.05, 4.69) is 17.0 Å². The molecule has 0 aromatic heterocycles. The van der Waals surface area contributed by atoms with Crippen molar-refractivity contribution in [3.63, 3.8) is 0 Å². The maximum Gasteiger partial charge on any atom is 0.320 e. The number of hydrogen-bond acceptors (Lipinski definition) is 4. The number of aliphatic carboxylic acids is 1. The van der Waals surface area contributed by atoms with E-state index < -0.39 is 12.0 Å². The summed E-state index contributed by atoms with van der Waals surface area (Å²) in [5, 5.41) is 10.7. The van der Waals surface area contributed by atoms with Gasteiger partial charge < -0.3 is 10.4 Å². The lowest BCUT2D eigenvalue weighted by atomic mass is 10.4. The topological polar surface area (TPSA) is 101 Å². The third-order valence-electron chi connectivity index (χ3n) is 0.803. The Bertz CT molecular complexity index is 76.2. The molecule has 0 bridgehead atoms. The molecule has 0 unspecified atom stereocenters. The zero-order valence-corrected chi connectivity index (χ0v) is 5.59. The van der Waals surface area contributed by atoms with E-state index in [1.54, 1.807) is 14.0 Å². The van der Waals surface area contributed by atoms with Gasteiger partial charge in [0.1, 0.15) is 6.04 Å². The lowest BCUT2D eigenvalue weighted by Crippen LogP contribution is -2.29. The van der Waals surface area contributed by atoms with Gasteiger partial charge in [-0.25, -0.2) is 0 Å². The molecule has 56 valence electrons. The number of rotatable bonds is 2. The summed E-state index contributed by atoms with van der Waals surface area (Å²) in [6, 6.07) is -0.431. The first-order valence-corrected chi connectivity index (χ1v) is 2.42. The van der Waals surface area contributed by atoms with Crippen molar-refractivity contribution in [1.29, 1.82) is 0 Å². The third kappa shape index (κ3) is 7.35. The molecule has 0 aromatic carbocycles. The Morgan fingerprint density at radius 2 is 2.00 bits per heavy atom. The van der Waals surface area contributed by atoms with Gasteiger partial charge in [-0.2, -0.15) is 0 Å². The summed E-state index contributed by atoms with van der Waals surface area (Å²) in [4.78, 5) is 9.87. The van der Waals surface area contributed by atoms with Gasteiger partial charge in [0.25, 0.3) is 0 Å². The van der Waals surface area contributed by atoms with Crippen molar-refractivity contribution in [2.24, 2.45) is 11.7 Å². The highest BCUT2D eigenvalue weighted by Gasteiger charge is 2.04. The van der Waals surface area contributed by atoms with E-state index >= 15 is 0 Å². The molecule has 0 aliphatic rings. The first-order valence-electron chi connectivity index (χ1n) is 2.42. The van der Waals surface area contributed by atoms with E-state index in [0.29, 0.717) is 0 Å². The molecular formula is C4H13N3O2. The van der Waals surface area contributed by atoms with Crippen LogP contribution in [-0.2, 0) is 4.79 Å². The van der Waals surface area contributed by atoms with E-state index in [0.717, 1.165) is 0 Å². The summed E-state index contributed by atoms with van der Waals surface area (Å²) in [7, 11) is 1.61. The van der Waals surface area contributed by atoms with E-state index in [4.69, 9.17) is 5.11 Å². The maximum atomic E-state index is 9.87. The summed E-state index contributed by atoms with van der Waals surface area (Å²) in [5.74, 6) is 7.18. The van der Waals surface area contributed by atoms with Crippen LogP contribution in [0.2, 0.25) is 0 Å². The smallest absolute Gasteiger partial charge is 0.320 e. The van der Waals surface area contributed by atoms with Gasteiger partial charge in [0.15, 0.2) is 0 Å². The Labute approximate surface area is 54.0 Å². The van der Waals surface area contributed by atoms with Gasteiger partial charge in [-0.15, -0.1) is 0 Å². The average molecular weight is 135 g/mol. The fraction of sp³-hybridized carbons (Fsp3) is 0.750. The monoisotopic (exact) mass is 135 g/mol. The van der Waals surface area contributed by atoms with Gasteiger partial charge in [-0.1, -0.05) is 0 Å². The van der Waals surface area contributed by atoms with Crippen LogP contribution in [0.4, 0.5) is 0 Å². The fourth-order valence-corrected chi connectivity index (χ4v) is 0.123. The number of carboxylic acid groups (broad SMARTS) is 1. The van der Waals surface area contributed by atoms with Gasteiger partial charge >= 0.3 is 5.97 Å². The number of hydrogen-bond donors (Lipinski definition) is 4. The first kappa shape index (κ1) is 11.2. The van der Waals surface area contributed by atoms with Crippen LogP contribution in [0.25, 0.3) is 0 Å². The summed E-state index contributed by atoms with van der Waals surface area (Å²) in [6.07, 6.45) is 0. The summed E-state index contributed by atoms with van der Waals surface area (Å²) in [6.45, 7) is 1.59. The Morgan fingerprint density at radius 1 is 1.67 bits per heavy atom. The molecule has 0 saturated heterocycles. The second kappa shape index (κ2) is 7.35. The van der Waals surface area contributed by atoms with Crippen molar-refractivity contribution < 1.29 is 9.90 Å². The lowest BCUT2D eigenvalue weighted by molar-refractivity contribution is -0.138. The SMILES string of the molecule is CN[C@@H](C)C(=O)O.NN. The zero-order chi connectivity index (χ0) is 7.86. The maximum absolute atomic E-state index is 9.87. The highest BCUT2D eigenvalue weighted by atomic mass is 16.4. The molecule has 6 N–H and O–H groups in total. The van der Waals surface area contributed by atoms with Crippen LogP contribution in [0.5, 0.6) is 0 Å². The second-order valence-corrected chi connectivity index (χ2v) is 1.35. The van der Waals surface area contributed by atoms with Gasteiger partial charge in [0.05, 0.1) is 0 Å². The van der Waals surface area contributed by atoms with E-state index in [-0.39, 0.29) is 0 Å². The van der Waals surface area contributed by atoms with Gasteiger partial charge in [-0.05, 0) is 14.0 Å². The van der Waals surface area contributed by atoms with Crippen molar-refractivity contribution in [1.82, 2.24) is 5.32 Å². The van der Waals surface area contributed by atoms with Crippen molar-refractivity contribution in [2.75, 3.05) is 7.05 Å². The van der Waals surface area contributed by atoms with E-state index in [9.17, 15) is 4.79 Å². The molecule has 0 rings (SSSR count). The molecular weight excluding hydrogens is 122 g/mol. The molecule has 0 radical (unpaired) electrons. The van der Waals surface area contributed by atoms with Crippen LogP contribution in [0, 0.1) is 0 Å². The number of likely N-dealkylation sites (N-methyl/N-ethyl adjacent to an activating group) is 1. The highest BCUT2D eigenvalue weighted by molar-refractivity contribution is 5.72. The molecule has 0 aromatic rings. The normalized spacial score (nSPS) is 11.1. The molecule has 0 spiro atoms. The predicted molar refractivity (Wildman–Crippen MR) is 34.5 cm³/mol. The van der Waals surface area contributed by atoms with Crippen LogP contribution < -0.4 is 17.0 Å². The average Bonchev–Trinajstić information content (AvgIpc) is 1.91. The molecule has 5 heteroatoms. The molecule has 5 nitrogen and oxygen atoms in total. The van der Waals surface area contributed by atoms with E-state index in [1.807, 2.05) is 0 Å². The minimum Gasteiger partial charge on any atom is -0.480 e. The highest BCUT2D eigenvalue weighted by Crippen LogP contribution is 1.74. The molecule has 1 atom stereocenters. The largest absolute Gasteiger partial charge is 0.480 e. The van der Waals surface area contributed by atoms with Crippen LogP contribution in [-0.4, -0.2) is 24.2 Å². The Hall–Kier alpha value is -0.650. The molecule has 0 aliphatic heterocycles. The van der Waals surface area contributed by atoms with E-state index in [1.165, 1.54) is 0 Å². The van der Waals surface area contributed by atoms with Crippen molar-refractivity contribution in [3.8, 4) is 0 Å². The lowest BCUT2D eigenvalue weighted by Gasteiger charge is -1.99. The molecule has 0 amide bonds. The first-order chi connectivity index (χ1) is 4.18. The van der Waals surface area contributed by atoms with Gasteiger partial charge in [0.2, 0.25) is 0 Å². The van der Waals surface area contributed by atoms with Gasteiger partial charge in [0, 0.05) is 0 Å². The van der Waals surface area contributed by atoms with Crippen LogP contribution >= 0.6 is 0 Å². The molecule has 0 aliphatic carbocycles. The van der Waals surface area contributed by atoms with Crippen molar-refractivity contribution in [2.45, 2.75) is 13.0 Å². The zero-order valence-electron chi connectivity index (χ0n) is 5.59. The standard InChI is InChI=1S/C4H9NO2.H4N2/c1-3(5-2)4(6)7;1-2/h3,5H,1-2H3,(H,6,7);1-2H2/t3-;/m0./s1. The number of carbonyl (C=O) groups is 1. The van der Waals surface area contributed by atoms with Crippen LogP contribution in [0.1, 0.15) is 6.92 Å². The van der Waals surface area contributed by atoms with Crippen LogP contribution in [0.15, 0.2) is 0 Å². The Kier molecular flexibility index (Phi) is 9.14. The van der Waals surface area contributed by atoms with Crippen LogP contribution in [0.3, 0.4) is 0 Å². The Morgan fingerprint density at radius 3 is 2.00 bits per heavy atom. The van der Waals surface area contributed by atoms with Crippen molar-refractivity contribution in [3.05, 3.63) is 0 Å². The summed E-state index contributed by atoms with van der Waals surface area (Å²) in [5.41, 5.74) is 0.